The van der Waals surface area contributed by atoms with E-state index >= 15 is 0 Å². The third kappa shape index (κ3) is 3.29. The van der Waals surface area contributed by atoms with Gasteiger partial charge in [0.1, 0.15) is 5.82 Å². The molecule has 0 spiro atoms. The number of carbonyl (C=O) groups is 1. The van der Waals surface area contributed by atoms with Crippen molar-refractivity contribution in [2.45, 2.75) is 19.4 Å². The van der Waals surface area contributed by atoms with Gasteiger partial charge in [0.2, 0.25) is 0 Å². The molecule has 0 saturated carbocycles. The van der Waals surface area contributed by atoms with E-state index in [9.17, 15) is 4.79 Å². The van der Waals surface area contributed by atoms with Gasteiger partial charge in [-0.05, 0) is 24.4 Å². The maximum absolute atomic E-state index is 10.9. The van der Waals surface area contributed by atoms with Gasteiger partial charge >= 0.3 is 5.97 Å². The molecule has 2 aromatic rings. The third-order valence-corrected chi connectivity index (χ3v) is 4.32. The second kappa shape index (κ2) is 6.24. The van der Waals surface area contributed by atoms with E-state index in [1.165, 1.54) is 17.1 Å². The Kier molecular flexibility index (Phi) is 4.62. The van der Waals surface area contributed by atoms with Crippen LogP contribution < -0.4 is 4.90 Å². The number of nitrogens with zero attached hydrogens (tertiary/aromatic N) is 2. The molecular weight excluding hydrogens is 296 g/mol. The zero-order valence-electron chi connectivity index (χ0n) is 11.2. The molecule has 0 aromatic carbocycles. The number of carboxylic acids is 1. The Hall–Kier alpha value is -1.59. The minimum Gasteiger partial charge on any atom is -0.478 e. The zero-order valence-corrected chi connectivity index (χ0v) is 12.8. The summed E-state index contributed by atoms with van der Waals surface area (Å²) in [5, 5.41) is 11.3. The Morgan fingerprint density at radius 2 is 2.35 bits per heavy atom. The van der Waals surface area contributed by atoms with Crippen LogP contribution in [-0.4, -0.2) is 29.1 Å². The quantitative estimate of drug-likeness (QED) is 0.917. The van der Waals surface area contributed by atoms with E-state index in [1.54, 1.807) is 11.3 Å². The van der Waals surface area contributed by atoms with E-state index in [1.807, 2.05) is 18.0 Å². The average Bonchev–Trinajstić information content (AvgIpc) is 2.90. The van der Waals surface area contributed by atoms with Gasteiger partial charge < -0.3 is 10.0 Å². The molecule has 0 radical (unpaired) electrons. The number of likely N-dealkylation sites (N-methyl/N-ethyl adjacent to an activating group) is 1. The Labute approximate surface area is 126 Å². The molecular formula is C14H15ClN2O2S. The van der Waals surface area contributed by atoms with Gasteiger partial charge in [-0.25, -0.2) is 9.78 Å². The van der Waals surface area contributed by atoms with Crippen molar-refractivity contribution in [3.63, 3.8) is 0 Å². The van der Waals surface area contributed by atoms with Crippen LogP contribution in [0.4, 0.5) is 5.82 Å². The largest absolute Gasteiger partial charge is 0.478 e. The molecule has 0 aliphatic rings. The van der Waals surface area contributed by atoms with Gasteiger partial charge in [0.05, 0.1) is 10.6 Å². The molecule has 0 aliphatic carbocycles. The lowest BCUT2D eigenvalue weighted by Gasteiger charge is -2.26. The molecule has 6 heteroatoms. The van der Waals surface area contributed by atoms with E-state index < -0.39 is 5.97 Å². The molecule has 0 amide bonds. The molecule has 1 atom stereocenters. The molecule has 4 nitrogen and oxygen atoms in total. The Bertz CT molecular complexity index is 601. The molecule has 1 N–H and O–H groups in total. The highest BCUT2D eigenvalue weighted by molar-refractivity contribution is 7.09. The van der Waals surface area contributed by atoms with E-state index in [0.717, 1.165) is 6.42 Å². The fourth-order valence-electron chi connectivity index (χ4n) is 1.87. The van der Waals surface area contributed by atoms with Crippen molar-refractivity contribution in [2.24, 2.45) is 0 Å². The van der Waals surface area contributed by atoms with Crippen LogP contribution in [0, 0.1) is 0 Å². The van der Waals surface area contributed by atoms with Crippen molar-refractivity contribution < 1.29 is 9.90 Å². The van der Waals surface area contributed by atoms with Crippen molar-refractivity contribution in [3.05, 3.63) is 45.2 Å². The first kappa shape index (κ1) is 14.8. The summed E-state index contributed by atoms with van der Waals surface area (Å²) in [4.78, 5) is 18.3. The molecule has 0 saturated heterocycles. The molecule has 20 heavy (non-hydrogen) atoms. The Morgan fingerprint density at radius 1 is 1.60 bits per heavy atom. The van der Waals surface area contributed by atoms with Crippen LogP contribution in [0.15, 0.2) is 29.8 Å². The summed E-state index contributed by atoms with van der Waals surface area (Å²) in [6, 6.07) is 5.77. The number of hydrogen-bond acceptors (Lipinski definition) is 4. The second-order valence-electron chi connectivity index (χ2n) is 4.58. The lowest BCUT2D eigenvalue weighted by molar-refractivity contribution is 0.0696. The molecule has 0 aliphatic heterocycles. The number of rotatable bonds is 5. The first-order chi connectivity index (χ1) is 9.49. The molecule has 0 bridgehead atoms. The van der Waals surface area contributed by atoms with Crippen LogP contribution in [-0.2, 0) is 6.42 Å². The van der Waals surface area contributed by atoms with Gasteiger partial charge in [-0.2, -0.15) is 0 Å². The summed E-state index contributed by atoms with van der Waals surface area (Å²) >= 11 is 7.85. The van der Waals surface area contributed by atoms with Crippen LogP contribution >= 0.6 is 22.9 Å². The van der Waals surface area contributed by atoms with Crippen LogP contribution in [0.1, 0.15) is 22.2 Å². The summed E-state index contributed by atoms with van der Waals surface area (Å²) in [5.74, 6) is -0.430. The smallest absolute Gasteiger partial charge is 0.337 e. The molecule has 2 rings (SSSR count). The number of halogens is 1. The zero-order chi connectivity index (χ0) is 14.7. The average molecular weight is 311 g/mol. The predicted molar refractivity (Wildman–Crippen MR) is 82.1 cm³/mol. The van der Waals surface area contributed by atoms with Gasteiger partial charge in [-0.3, -0.25) is 0 Å². The Balaban J connectivity index is 2.16. The van der Waals surface area contributed by atoms with Crippen LogP contribution in [0.5, 0.6) is 0 Å². The third-order valence-electron chi connectivity index (χ3n) is 3.14. The standard InChI is InChI=1S/C14H15ClN2O2S/c1-9(6-11-4-3-5-20-11)17(2)13-12(15)7-10(8-16-13)14(18)19/h3-5,7-9H,6H2,1-2H3,(H,18,19). The first-order valence-corrected chi connectivity index (χ1v) is 7.39. The van der Waals surface area contributed by atoms with Crippen LogP contribution in [0.3, 0.4) is 0 Å². The van der Waals surface area contributed by atoms with Crippen molar-refractivity contribution in [1.29, 1.82) is 0 Å². The number of carboxylic acid groups (broad SMARTS) is 1. The minimum atomic E-state index is -1.03. The van der Waals surface area contributed by atoms with E-state index in [0.29, 0.717) is 10.8 Å². The Morgan fingerprint density at radius 3 is 2.90 bits per heavy atom. The normalized spacial score (nSPS) is 12.2. The van der Waals surface area contributed by atoms with Gasteiger partial charge in [0.25, 0.3) is 0 Å². The van der Waals surface area contributed by atoms with Crippen LogP contribution in [0.25, 0.3) is 0 Å². The van der Waals surface area contributed by atoms with E-state index in [-0.39, 0.29) is 11.6 Å². The second-order valence-corrected chi connectivity index (χ2v) is 6.02. The fraction of sp³-hybridized carbons (Fsp3) is 0.286. The highest BCUT2D eigenvalue weighted by atomic mass is 35.5. The molecule has 2 aromatic heterocycles. The summed E-state index contributed by atoms with van der Waals surface area (Å²) in [6.07, 6.45) is 2.23. The SMILES string of the molecule is CC(Cc1cccs1)N(C)c1ncc(C(=O)O)cc1Cl. The lowest BCUT2D eigenvalue weighted by atomic mass is 10.2. The van der Waals surface area contributed by atoms with Crippen molar-refractivity contribution in [1.82, 2.24) is 4.98 Å². The van der Waals surface area contributed by atoms with Crippen LogP contribution in [0.2, 0.25) is 5.02 Å². The molecule has 1 unspecified atom stereocenters. The summed E-state index contributed by atoms with van der Waals surface area (Å²) < 4.78 is 0. The monoisotopic (exact) mass is 310 g/mol. The molecule has 0 fully saturated rings. The number of aromatic nitrogens is 1. The highest BCUT2D eigenvalue weighted by Gasteiger charge is 2.17. The fourth-order valence-corrected chi connectivity index (χ4v) is 3.00. The van der Waals surface area contributed by atoms with Gasteiger partial charge in [-0.15, -0.1) is 11.3 Å². The van der Waals surface area contributed by atoms with E-state index in [4.69, 9.17) is 16.7 Å². The number of hydrogen-bond donors (Lipinski definition) is 1. The maximum atomic E-state index is 10.9. The minimum absolute atomic E-state index is 0.0954. The number of aromatic carboxylic acids is 1. The highest BCUT2D eigenvalue weighted by Crippen LogP contribution is 2.26. The molecule has 106 valence electrons. The van der Waals surface area contributed by atoms with Crippen molar-refractivity contribution in [2.75, 3.05) is 11.9 Å². The van der Waals surface area contributed by atoms with E-state index in [2.05, 4.69) is 23.4 Å². The predicted octanol–water partition coefficient (Wildman–Crippen LogP) is 3.56. The maximum Gasteiger partial charge on any atom is 0.337 e. The molecule has 2 heterocycles. The number of anilines is 1. The van der Waals surface area contributed by atoms with Gasteiger partial charge in [-0.1, -0.05) is 17.7 Å². The van der Waals surface area contributed by atoms with Crippen molar-refractivity contribution in [3.8, 4) is 0 Å². The number of thiophene rings is 1. The van der Waals surface area contributed by atoms with Gasteiger partial charge in [0, 0.05) is 30.6 Å². The van der Waals surface area contributed by atoms with Gasteiger partial charge in [0.15, 0.2) is 0 Å². The first-order valence-electron chi connectivity index (χ1n) is 6.13. The van der Waals surface area contributed by atoms with Crippen molar-refractivity contribution >= 4 is 34.7 Å². The topological polar surface area (TPSA) is 53.4 Å². The summed E-state index contributed by atoms with van der Waals surface area (Å²) in [5.41, 5.74) is 0.0954. The summed E-state index contributed by atoms with van der Waals surface area (Å²) in [6.45, 7) is 2.09. The summed E-state index contributed by atoms with van der Waals surface area (Å²) in [7, 11) is 1.91. The number of pyridine rings is 1. The lowest BCUT2D eigenvalue weighted by Crippen LogP contribution is -2.31.